The summed E-state index contributed by atoms with van der Waals surface area (Å²) >= 11 is 1.27. The molecule has 1 unspecified atom stereocenters. The molecular weight excluding hydrogens is 250 g/mol. The molecule has 0 bridgehead atoms. The Bertz CT molecular complexity index is 421. The van der Waals surface area contributed by atoms with Crippen LogP contribution in [0.25, 0.3) is 0 Å². The van der Waals surface area contributed by atoms with E-state index in [-0.39, 0.29) is 5.92 Å². The summed E-state index contributed by atoms with van der Waals surface area (Å²) in [7, 11) is 0. The van der Waals surface area contributed by atoms with Crippen molar-refractivity contribution in [2.75, 3.05) is 12.3 Å². The molecule has 0 aliphatic rings. The number of thioether (sulfide) groups is 1. The van der Waals surface area contributed by atoms with E-state index in [0.29, 0.717) is 18.0 Å². The van der Waals surface area contributed by atoms with Gasteiger partial charge >= 0.3 is 5.97 Å². The SMILES string of the molecule is CCOc1ccc(N)c(SC(C(=O)O)C(C)C)c1. The molecule has 0 aromatic heterocycles. The summed E-state index contributed by atoms with van der Waals surface area (Å²) in [6.07, 6.45) is 0. The Morgan fingerprint density at radius 1 is 1.50 bits per heavy atom. The lowest BCUT2D eigenvalue weighted by Crippen LogP contribution is -2.22. The highest BCUT2D eigenvalue weighted by Crippen LogP contribution is 2.34. The first-order valence-corrected chi connectivity index (χ1v) is 6.75. The molecule has 1 rings (SSSR count). The number of aliphatic carboxylic acids is 1. The highest BCUT2D eigenvalue weighted by molar-refractivity contribution is 8.00. The minimum Gasteiger partial charge on any atom is -0.494 e. The molecule has 0 saturated heterocycles. The zero-order valence-corrected chi connectivity index (χ0v) is 11.7. The van der Waals surface area contributed by atoms with E-state index in [1.165, 1.54) is 11.8 Å². The molecular formula is C13H19NO3S. The van der Waals surface area contributed by atoms with E-state index >= 15 is 0 Å². The summed E-state index contributed by atoms with van der Waals surface area (Å²) in [5.41, 5.74) is 6.44. The van der Waals surface area contributed by atoms with Gasteiger partial charge in [0.2, 0.25) is 0 Å². The number of carboxylic acids is 1. The van der Waals surface area contributed by atoms with Crippen LogP contribution in [0.2, 0.25) is 0 Å². The van der Waals surface area contributed by atoms with E-state index in [1.54, 1.807) is 18.2 Å². The van der Waals surface area contributed by atoms with Gasteiger partial charge in [-0.1, -0.05) is 13.8 Å². The van der Waals surface area contributed by atoms with E-state index in [4.69, 9.17) is 10.5 Å². The second-order valence-corrected chi connectivity index (χ2v) is 5.44. The molecule has 0 saturated carbocycles. The topological polar surface area (TPSA) is 72.5 Å². The van der Waals surface area contributed by atoms with Gasteiger partial charge in [0.15, 0.2) is 0 Å². The number of nitrogen functional groups attached to an aromatic ring is 1. The van der Waals surface area contributed by atoms with Crippen molar-refractivity contribution < 1.29 is 14.6 Å². The van der Waals surface area contributed by atoms with Crippen LogP contribution in [-0.4, -0.2) is 22.9 Å². The predicted octanol–water partition coefficient (Wildman–Crippen LogP) is 2.87. The number of benzene rings is 1. The molecule has 0 fully saturated rings. The molecule has 0 spiro atoms. The minimum absolute atomic E-state index is 0.0302. The third kappa shape index (κ3) is 3.84. The number of carboxylic acid groups (broad SMARTS) is 1. The Morgan fingerprint density at radius 3 is 2.67 bits per heavy atom. The number of ether oxygens (including phenoxy) is 1. The monoisotopic (exact) mass is 269 g/mol. The maximum atomic E-state index is 11.2. The maximum absolute atomic E-state index is 11.2. The highest BCUT2D eigenvalue weighted by atomic mass is 32.2. The molecule has 0 amide bonds. The van der Waals surface area contributed by atoms with E-state index < -0.39 is 11.2 Å². The molecule has 0 radical (unpaired) electrons. The molecule has 0 aliphatic heterocycles. The summed E-state index contributed by atoms with van der Waals surface area (Å²) < 4.78 is 5.39. The summed E-state index contributed by atoms with van der Waals surface area (Å²) in [6.45, 7) is 6.24. The Balaban J connectivity index is 2.94. The van der Waals surface area contributed by atoms with Gasteiger partial charge in [-0.3, -0.25) is 4.79 Å². The average Bonchev–Trinajstić information content (AvgIpc) is 2.29. The van der Waals surface area contributed by atoms with Crippen molar-refractivity contribution in [2.24, 2.45) is 5.92 Å². The smallest absolute Gasteiger partial charge is 0.317 e. The quantitative estimate of drug-likeness (QED) is 0.613. The van der Waals surface area contributed by atoms with Crippen molar-refractivity contribution in [1.29, 1.82) is 0 Å². The summed E-state index contributed by atoms with van der Waals surface area (Å²) in [4.78, 5) is 11.9. The Kier molecular flexibility index (Phi) is 5.34. The van der Waals surface area contributed by atoms with Gasteiger partial charge in [-0.25, -0.2) is 0 Å². The van der Waals surface area contributed by atoms with Crippen molar-refractivity contribution in [3.63, 3.8) is 0 Å². The molecule has 1 aromatic rings. The molecule has 1 aromatic carbocycles. The van der Waals surface area contributed by atoms with Gasteiger partial charge in [-0.15, -0.1) is 11.8 Å². The van der Waals surface area contributed by atoms with Gasteiger partial charge in [0, 0.05) is 10.6 Å². The third-order valence-corrected chi connectivity index (χ3v) is 4.01. The Hall–Kier alpha value is -1.36. The first-order chi connectivity index (χ1) is 8.45. The van der Waals surface area contributed by atoms with Gasteiger partial charge in [0.25, 0.3) is 0 Å². The largest absolute Gasteiger partial charge is 0.494 e. The third-order valence-electron chi connectivity index (χ3n) is 2.40. The van der Waals surface area contributed by atoms with E-state index in [1.807, 2.05) is 20.8 Å². The lowest BCUT2D eigenvalue weighted by atomic mass is 10.1. The average molecular weight is 269 g/mol. The predicted molar refractivity (Wildman–Crippen MR) is 74.1 cm³/mol. The van der Waals surface area contributed by atoms with Crippen molar-refractivity contribution in [1.82, 2.24) is 0 Å². The first-order valence-electron chi connectivity index (χ1n) is 5.87. The van der Waals surface area contributed by atoms with Crippen LogP contribution in [0, 0.1) is 5.92 Å². The van der Waals surface area contributed by atoms with Gasteiger partial charge in [0.05, 0.1) is 6.61 Å². The number of nitrogens with two attached hydrogens (primary N) is 1. The summed E-state index contributed by atoms with van der Waals surface area (Å²) in [5.74, 6) is -0.0824. The summed E-state index contributed by atoms with van der Waals surface area (Å²) in [6, 6.07) is 5.32. The molecule has 0 heterocycles. The normalized spacial score (nSPS) is 12.4. The molecule has 18 heavy (non-hydrogen) atoms. The second kappa shape index (κ2) is 6.54. The van der Waals surface area contributed by atoms with Crippen LogP contribution in [-0.2, 0) is 4.79 Å². The van der Waals surface area contributed by atoms with Crippen LogP contribution in [0.3, 0.4) is 0 Å². The zero-order valence-electron chi connectivity index (χ0n) is 10.8. The van der Waals surface area contributed by atoms with Crippen LogP contribution in [0.5, 0.6) is 5.75 Å². The van der Waals surface area contributed by atoms with Crippen LogP contribution < -0.4 is 10.5 Å². The molecule has 5 heteroatoms. The van der Waals surface area contributed by atoms with Gasteiger partial charge in [-0.2, -0.15) is 0 Å². The lowest BCUT2D eigenvalue weighted by Gasteiger charge is -2.17. The fourth-order valence-electron chi connectivity index (χ4n) is 1.48. The zero-order chi connectivity index (χ0) is 13.7. The second-order valence-electron chi connectivity index (χ2n) is 4.25. The van der Waals surface area contributed by atoms with Crippen LogP contribution in [0.4, 0.5) is 5.69 Å². The van der Waals surface area contributed by atoms with Gasteiger partial charge in [0.1, 0.15) is 11.0 Å². The number of rotatable bonds is 6. The van der Waals surface area contributed by atoms with Crippen molar-refractivity contribution in [2.45, 2.75) is 30.9 Å². The number of carbonyl (C=O) groups is 1. The van der Waals surface area contributed by atoms with Gasteiger partial charge < -0.3 is 15.6 Å². The Labute approximate surface area is 112 Å². The summed E-state index contributed by atoms with van der Waals surface area (Å²) in [5, 5.41) is 8.67. The van der Waals surface area contributed by atoms with Gasteiger partial charge in [-0.05, 0) is 31.0 Å². The fraction of sp³-hybridized carbons (Fsp3) is 0.462. The molecule has 1 atom stereocenters. The van der Waals surface area contributed by atoms with Crippen molar-refractivity contribution >= 4 is 23.4 Å². The standard InChI is InChI=1S/C13H19NO3S/c1-4-17-9-5-6-10(14)11(7-9)18-12(8(2)3)13(15)16/h5-8,12H,4,14H2,1-3H3,(H,15,16). The fourth-order valence-corrected chi connectivity index (χ4v) is 2.52. The van der Waals surface area contributed by atoms with Crippen LogP contribution >= 0.6 is 11.8 Å². The molecule has 100 valence electrons. The molecule has 3 N–H and O–H groups in total. The molecule has 4 nitrogen and oxygen atoms in total. The lowest BCUT2D eigenvalue weighted by molar-refractivity contribution is -0.137. The van der Waals surface area contributed by atoms with E-state index in [2.05, 4.69) is 0 Å². The first kappa shape index (κ1) is 14.7. The highest BCUT2D eigenvalue weighted by Gasteiger charge is 2.23. The minimum atomic E-state index is -0.823. The Morgan fingerprint density at radius 2 is 2.17 bits per heavy atom. The number of hydrogen-bond donors (Lipinski definition) is 2. The number of hydrogen-bond acceptors (Lipinski definition) is 4. The molecule has 0 aliphatic carbocycles. The van der Waals surface area contributed by atoms with E-state index in [9.17, 15) is 9.90 Å². The van der Waals surface area contributed by atoms with Crippen LogP contribution in [0.15, 0.2) is 23.1 Å². The van der Waals surface area contributed by atoms with Crippen LogP contribution in [0.1, 0.15) is 20.8 Å². The van der Waals surface area contributed by atoms with Crippen molar-refractivity contribution in [3.05, 3.63) is 18.2 Å². The van der Waals surface area contributed by atoms with Crippen molar-refractivity contribution in [3.8, 4) is 5.75 Å². The van der Waals surface area contributed by atoms with E-state index in [0.717, 1.165) is 4.90 Å². The number of anilines is 1. The maximum Gasteiger partial charge on any atom is 0.317 e.